The molecule has 0 bridgehead atoms. The molecule has 3 nitrogen and oxygen atoms in total. The number of benzene rings is 1. The van der Waals surface area contributed by atoms with Gasteiger partial charge in [-0.25, -0.2) is 4.98 Å². The van der Waals surface area contributed by atoms with E-state index in [0.717, 1.165) is 18.0 Å². The molecule has 0 N–H and O–H groups in total. The number of halogens is 1. The number of ether oxygens (including phenoxy) is 1. The van der Waals surface area contributed by atoms with Crippen molar-refractivity contribution < 1.29 is 4.74 Å². The molecular weight excluding hydrogens is 344 g/mol. The van der Waals surface area contributed by atoms with Gasteiger partial charge in [0.25, 0.3) is 0 Å². The summed E-state index contributed by atoms with van der Waals surface area (Å²) in [4.78, 5) is 4.14. The van der Waals surface area contributed by atoms with Gasteiger partial charge in [0.1, 0.15) is 0 Å². The van der Waals surface area contributed by atoms with E-state index in [1.54, 1.807) is 0 Å². The minimum absolute atomic E-state index is 0.222. The standard InChI is InChI=1S/C22H33ClN2O/c1-2-3-4-5-6-7-8-9-10-22(17-25-16-15-24-19-25)26-18-20-11-13-21(23)14-12-20/h11-16,19,22H,2-10,17-18H2,1H3. The molecule has 0 spiro atoms. The zero-order valence-electron chi connectivity index (χ0n) is 16.1. The number of unbranched alkanes of at least 4 members (excludes halogenated alkanes) is 7. The van der Waals surface area contributed by atoms with Gasteiger partial charge in [0, 0.05) is 24.0 Å². The molecule has 0 saturated carbocycles. The minimum atomic E-state index is 0.222. The van der Waals surface area contributed by atoms with E-state index in [9.17, 15) is 0 Å². The molecule has 2 aromatic rings. The van der Waals surface area contributed by atoms with Crippen molar-refractivity contribution in [1.82, 2.24) is 9.55 Å². The molecule has 1 aromatic carbocycles. The second-order valence-corrected chi connectivity index (χ2v) is 7.52. The first-order chi connectivity index (χ1) is 12.8. The van der Waals surface area contributed by atoms with Crippen LogP contribution in [-0.2, 0) is 17.9 Å². The van der Waals surface area contributed by atoms with E-state index in [-0.39, 0.29) is 6.10 Å². The Hall–Kier alpha value is -1.32. The number of nitrogens with zero attached hydrogens (tertiary/aromatic N) is 2. The van der Waals surface area contributed by atoms with Crippen molar-refractivity contribution in [2.75, 3.05) is 0 Å². The first kappa shape index (κ1) is 21.0. The molecule has 0 saturated heterocycles. The van der Waals surface area contributed by atoms with E-state index in [2.05, 4.69) is 16.5 Å². The molecule has 1 aromatic heterocycles. The third kappa shape index (κ3) is 8.86. The van der Waals surface area contributed by atoms with Crippen LogP contribution in [-0.4, -0.2) is 15.7 Å². The smallest absolute Gasteiger partial charge is 0.0946 e. The molecule has 0 aliphatic rings. The Labute approximate surface area is 163 Å². The van der Waals surface area contributed by atoms with Crippen LogP contribution in [0.2, 0.25) is 5.02 Å². The Morgan fingerprint density at radius 2 is 1.69 bits per heavy atom. The molecule has 0 radical (unpaired) electrons. The highest BCUT2D eigenvalue weighted by molar-refractivity contribution is 6.30. The van der Waals surface area contributed by atoms with Crippen LogP contribution < -0.4 is 0 Å². The molecule has 1 heterocycles. The highest BCUT2D eigenvalue weighted by Crippen LogP contribution is 2.16. The zero-order chi connectivity index (χ0) is 18.5. The van der Waals surface area contributed by atoms with Crippen LogP contribution in [0.1, 0.15) is 70.3 Å². The Balaban J connectivity index is 1.70. The van der Waals surface area contributed by atoms with E-state index in [1.807, 2.05) is 43.0 Å². The summed E-state index contributed by atoms with van der Waals surface area (Å²) in [6.07, 6.45) is 17.8. The molecular formula is C22H33ClN2O. The van der Waals surface area contributed by atoms with Crippen molar-refractivity contribution in [2.24, 2.45) is 0 Å². The first-order valence-electron chi connectivity index (χ1n) is 10.1. The molecule has 0 amide bonds. The van der Waals surface area contributed by atoms with Crippen LogP contribution >= 0.6 is 11.6 Å². The van der Waals surface area contributed by atoms with Crippen LogP contribution in [0.25, 0.3) is 0 Å². The maximum Gasteiger partial charge on any atom is 0.0946 e. The lowest BCUT2D eigenvalue weighted by atomic mass is 10.1. The van der Waals surface area contributed by atoms with Crippen molar-refractivity contribution in [3.8, 4) is 0 Å². The second kappa shape index (κ2) is 12.9. The number of hydrogen-bond acceptors (Lipinski definition) is 2. The maximum absolute atomic E-state index is 6.21. The van der Waals surface area contributed by atoms with Gasteiger partial charge < -0.3 is 9.30 Å². The SMILES string of the molecule is CCCCCCCCCCC(Cn1ccnc1)OCc1ccc(Cl)cc1. The predicted molar refractivity (Wildman–Crippen MR) is 109 cm³/mol. The van der Waals surface area contributed by atoms with Crippen molar-refractivity contribution in [2.45, 2.75) is 84.0 Å². The Kier molecular flexibility index (Phi) is 10.4. The second-order valence-electron chi connectivity index (χ2n) is 7.08. The molecule has 0 aliphatic carbocycles. The lowest BCUT2D eigenvalue weighted by Crippen LogP contribution is -2.19. The van der Waals surface area contributed by atoms with Gasteiger partial charge in [-0.2, -0.15) is 0 Å². The van der Waals surface area contributed by atoms with Gasteiger partial charge in [0.05, 0.1) is 19.0 Å². The molecule has 26 heavy (non-hydrogen) atoms. The van der Waals surface area contributed by atoms with Crippen LogP contribution in [0.3, 0.4) is 0 Å². The average molecular weight is 377 g/mol. The highest BCUT2D eigenvalue weighted by atomic mass is 35.5. The summed E-state index contributed by atoms with van der Waals surface area (Å²) >= 11 is 5.96. The average Bonchev–Trinajstić information content (AvgIpc) is 3.16. The molecule has 2 rings (SSSR count). The summed E-state index contributed by atoms with van der Waals surface area (Å²) in [6, 6.07) is 7.91. The zero-order valence-corrected chi connectivity index (χ0v) is 16.8. The van der Waals surface area contributed by atoms with Crippen LogP contribution in [0.5, 0.6) is 0 Å². The van der Waals surface area contributed by atoms with Crippen LogP contribution in [0.4, 0.5) is 0 Å². The molecule has 0 fully saturated rings. The van der Waals surface area contributed by atoms with Gasteiger partial charge in [-0.1, -0.05) is 82.0 Å². The quantitative estimate of drug-likeness (QED) is 0.345. The largest absolute Gasteiger partial charge is 0.372 e. The number of hydrogen-bond donors (Lipinski definition) is 0. The fraction of sp³-hybridized carbons (Fsp3) is 0.591. The third-order valence-corrected chi connectivity index (χ3v) is 5.00. The van der Waals surface area contributed by atoms with Gasteiger partial charge in [-0.3, -0.25) is 0 Å². The summed E-state index contributed by atoms with van der Waals surface area (Å²) < 4.78 is 8.32. The topological polar surface area (TPSA) is 27.1 Å². The third-order valence-electron chi connectivity index (χ3n) is 4.75. The highest BCUT2D eigenvalue weighted by Gasteiger charge is 2.10. The molecule has 1 atom stereocenters. The molecule has 0 aliphatic heterocycles. The van der Waals surface area contributed by atoms with Gasteiger partial charge in [-0.15, -0.1) is 0 Å². The number of aromatic nitrogens is 2. The Bertz CT molecular complexity index is 568. The van der Waals surface area contributed by atoms with E-state index < -0.39 is 0 Å². The lowest BCUT2D eigenvalue weighted by Gasteiger charge is -2.19. The van der Waals surface area contributed by atoms with Crippen molar-refractivity contribution >= 4 is 11.6 Å². The summed E-state index contributed by atoms with van der Waals surface area (Å²) in [5, 5.41) is 0.766. The number of imidazole rings is 1. The summed E-state index contributed by atoms with van der Waals surface area (Å²) in [5.74, 6) is 0. The minimum Gasteiger partial charge on any atom is -0.372 e. The summed E-state index contributed by atoms with van der Waals surface area (Å²) in [6.45, 7) is 3.77. The Morgan fingerprint density at radius 1 is 1.00 bits per heavy atom. The Morgan fingerprint density at radius 3 is 2.35 bits per heavy atom. The van der Waals surface area contributed by atoms with E-state index in [1.165, 1.54) is 56.9 Å². The lowest BCUT2D eigenvalue weighted by molar-refractivity contribution is 0.0221. The van der Waals surface area contributed by atoms with Crippen molar-refractivity contribution in [3.05, 3.63) is 53.6 Å². The van der Waals surface area contributed by atoms with Gasteiger partial charge in [-0.05, 0) is 24.1 Å². The van der Waals surface area contributed by atoms with Crippen LogP contribution in [0.15, 0.2) is 43.0 Å². The van der Waals surface area contributed by atoms with Crippen LogP contribution in [0, 0.1) is 0 Å². The van der Waals surface area contributed by atoms with Gasteiger partial charge in [0.2, 0.25) is 0 Å². The first-order valence-corrected chi connectivity index (χ1v) is 10.5. The normalized spacial score (nSPS) is 12.4. The predicted octanol–water partition coefficient (Wildman–Crippen LogP) is 6.65. The maximum atomic E-state index is 6.21. The van der Waals surface area contributed by atoms with E-state index >= 15 is 0 Å². The molecule has 144 valence electrons. The number of rotatable bonds is 14. The summed E-state index contributed by atoms with van der Waals surface area (Å²) in [5.41, 5.74) is 1.17. The van der Waals surface area contributed by atoms with Crippen molar-refractivity contribution in [1.29, 1.82) is 0 Å². The molecule has 1 unspecified atom stereocenters. The van der Waals surface area contributed by atoms with E-state index in [4.69, 9.17) is 16.3 Å². The monoisotopic (exact) mass is 376 g/mol. The fourth-order valence-corrected chi connectivity index (χ4v) is 3.28. The van der Waals surface area contributed by atoms with E-state index in [0.29, 0.717) is 6.61 Å². The van der Waals surface area contributed by atoms with Gasteiger partial charge >= 0.3 is 0 Å². The van der Waals surface area contributed by atoms with Crippen molar-refractivity contribution in [3.63, 3.8) is 0 Å². The van der Waals surface area contributed by atoms with Gasteiger partial charge in [0.15, 0.2) is 0 Å². The summed E-state index contributed by atoms with van der Waals surface area (Å²) in [7, 11) is 0. The fourth-order valence-electron chi connectivity index (χ4n) is 3.16. The molecule has 4 heteroatoms.